The van der Waals surface area contributed by atoms with Crippen molar-refractivity contribution in [1.29, 1.82) is 0 Å². The van der Waals surface area contributed by atoms with Crippen molar-refractivity contribution in [3.63, 3.8) is 0 Å². The second kappa shape index (κ2) is 11.8. The number of anilines is 2. The molecule has 4 aromatic rings. The third-order valence-corrected chi connectivity index (χ3v) is 5.91. The van der Waals surface area contributed by atoms with Crippen LogP contribution in [0.3, 0.4) is 0 Å². The maximum atomic E-state index is 13.4. The van der Waals surface area contributed by atoms with E-state index in [4.69, 9.17) is 4.74 Å². The lowest BCUT2D eigenvalue weighted by atomic mass is 10.2. The summed E-state index contributed by atoms with van der Waals surface area (Å²) < 4.78 is 5.37. The average Bonchev–Trinajstić information content (AvgIpc) is 3.36. The molecule has 0 saturated carbocycles. The number of pyridine rings is 1. The van der Waals surface area contributed by atoms with Gasteiger partial charge in [-0.15, -0.1) is 11.3 Å². The van der Waals surface area contributed by atoms with E-state index < -0.39 is 0 Å². The average molecular weight is 488 g/mol. The van der Waals surface area contributed by atoms with Crippen molar-refractivity contribution in [3.8, 4) is 5.75 Å². The molecule has 0 aliphatic heterocycles. The second-order valence-electron chi connectivity index (χ2n) is 7.64. The Morgan fingerprint density at radius 3 is 2.49 bits per heavy atom. The Hall–Kier alpha value is -4.24. The van der Waals surface area contributed by atoms with Crippen LogP contribution >= 0.6 is 11.3 Å². The molecular weight excluding hydrogens is 462 g/mol. The maximum Gasteiger partial charge on any atom is 0.274 e. The normalized spacial score (nSPS) is 10.4. The van der Waals surface area contributed by atoms with Crippen LogP contribution in [0.1, 0.15) is 21.6 Å². The number of rotatable bonds is 10. The van der Waals surface area contributed by atoms with Gasteiger partial charge < -0.3 is 20.3 Å². The largest absolute Gasteiger partial charge is 0.495 e. The Balaban J connectivity index is 1.47. The number of thiazole rings is 1. The van der Waals surface area contributed by atoms with E-state index in [1.165, 1.54) is 16.2 Å². The quantitative estimate of drug-likeness (QED) is 0.347. The van der Waals surface area contributed by atoms with E-state index in [0.717, 1.165) is 16.8 Å². The van der Waals surface area contributed by atoms with E-state index in [1.807, 2.05) is 66.7 Å². The first-order valence-electron chi connectivity index (χ1n) is 11.0. The first kappa shape index (κ1) is 23.9. The minimum atomic E-state index is -0.322. The number of carbonyl (C=O) groups excluding carboxylic acids is 2. The van der Waals surface area contributed by atoms with Crippen LogP contribution in [-0.4, -0.2) is 40.3 Å². The summed E-state index contributed by atoms with van der Waals surface area (Å²) in [6, 6.07) is 20.7. The Labute approximate surface area is 207 Å². The summed E-state index contributed by atoms with van der Waals surface area (Å²) >= 11 is 1.31. The lowest BCUT2D eigenvalue weighted by molar-refractivity contribution is -0.122. The standard InChI is InChI=1S/C26H25N5O3S/c1-34-23-10-6-5-9-21(23)29-26-30-22(18-35-26)25(33)31(16-20-7-3-2-4-8-20)17-24(32)28-15-19-11-13-27-14-12-19/h2-14,18H,15-17H2,1H3,(H,28,32)(H,29,30). The summed E-state index contributed by atoms with van der Waals surface area (Å²) in [6.07, 6.45) is 3.34. The van der Waals surface area contributed by atoms with Gasteiger partial charge in [0.05, 0.1) is 12.8 Å². The second-order valence-corrected chi connectivity index (χ2v) is 8.50. The van der Waals surface area contributed by atoms with Gasteiger partial charge in [0.25, 0.3) is 5.91 Å². The van der Waals surface area contributed by atoms with Crippen LogP contribution in [-0.2, 0) is 17.9 Å². The number of nitrogens with zero attached hydrogens (tertiary/aromatic N) is 3. The molecule has 0 saturated heterocycles. The van der Waals surface area contributed by atoms with E-state index in [9.17, 15) is 9.59 Å². The van der Waals surface area contributed by atoms with Crippen molar-refractivity contribution >= 4 is 34.0 Å². The zero-order valence-corrected chi connectivity index (χ0v) is 20.0. The molecular formula is C26H25N5O3S. The SMILES string of the molecule is COc1ccccc1Nc1nc(C(=O)N(CC(=O)NCc2ccncc2)Cc2ccccc2)cs1. The van der Waals surface area contributed by atoms with Gasteiger partial charge in [0.2, 0.25) is 5.91 Å². The molecule has 0 aliphatic rings. The zero-order valence-electron chi connectivity index (χ0n) is 19.2. The Morgan fingerprint density at radius 1 is 0.971 bits per heavy atom. The lowest BCUT2D eigenvalue weighted by Gasteiger charge is -2.21. The Bertz CT molecular complexity index is 1260. The highest BCUT2D eigenvalue weighted by molar-refractivity contribution is 7.14. The zero-order chi connectivity index (χ0) is 24.5. The van der Waals surface area contributed by atoms with E-state index in [2.05, 4.69) is 20.6 Å². The highest BCUT2D eigenvalue weighted by Gasteiger charge is 2.22. The van der Waals surface area contributed by atoms with E-state index >= 15 is 0 Å². The van der Waals surface area contributed by atoms with Crippen LogP contribution in [0.25, 0.3) is 0 Å². The third-order valence-electron chi connectivity index (χ3n) is 5.15. The molecule has 0 unspecified atom stereocenters. The van der Waals surface area contributed by atoms with Crippen LogP contribution in [0.2, 0.25) is 0 Å². The number of carbonyl (C=O) groups is 2. The first-order chi connectivity index (χ1) is 17.1. The summed E-state index contributed by atoms with van der Waals surface area (Å²) in [4.78, 5) is 36.0. The molecule has 4 rings (SSSR count). The van der Waals surface area contributed by atoms with Crippen molar-refractivity contribution in [2.75, 3.05) is 19.0 Å². The lowest BCUT2D eigenvalue weighted by Crippen LogP contribution is -2.40. The molecule has 8 nitrogen and oxygen atoms in total. The fourth-order valence-corrected chi connectivity index (χ4v) is 4.09. The maximum absolute atomic E-state index is 13.4. The predicted molar refractivity (Wildman–Crippen MR) is 136 cm³/mol. The van der Waals surface area contributed by atoms with Gasteiger partial charge in [-0.25, -0.2) is 4.98 Å². The number of nitrogens with one attached hydrogen (secondary N) is 2. The molecule has 35 heavy (non-hydrogen) atoms. The highest BCUT2D eigenvalue weighted by Crippen LogP contribution is 2.29. The van der Waals surface area contributed by atoms with Crippen molar-refractivity contribution in [1.82, 2.24) is 20.2 Å². The molecule has 0 bridgehead atoms. The number of benzene rings is 2. The predicted octanol–water partition coefficient (Wildman–Crippen LogP) is 4.25. The molecule has 2 aromatic carbocycles. The third kappa shape index (κ3) is 6.64. The summed E-state index contributed by atoms with van der Waals surface area (Å²) in [5, 5.41) is 8.30. The summed E-state index contributed by atoms with van der Waals surface area (Å²) in [7, 11) is 1.60. The number of hydrogen-bond donors (Lipinski definition) is 2. The van der Waals surface area contributed by atoms with Gasteiger partial charge in [0.15, 0.2) is 5.13 Å². The molecule has 2 N–H and O–H groups in total. The summed E-state index contributed by atoms with van der Waals surface area (Å²) in [6.45, 7) is 0.555. The number of hydrogen-bond acceptors (Lipinski definition) is 7. The molecule has 0 spiro atoms. The molecule has 0 radical (unpaired) electrons. The summed E-state index contributed by atoms with van der Waals surface area (Å²) in [5.41, 5.74) is 2.87. The smallest absolute Gasteiger partial charge is 0.274 e. The molecule has 0 fully saturated rings. The van der Waals surface area contributed by atoms with Gasteiger partial charge in [0.1, 0.15) is 18.0 Å². The molecule has 2 amide bonds. The van der Waals surface area contributed by atoms with Crippen LogP contribution in [0, 0.1) is 0 Å². The van der Waals surface area contributed by atoms with Gasteiger partial charge in [-0.05, 0) is 35.4 Å². The van der Waals surface area contributed by atoms with Gasteiger partial charge in [-0.3, -0.25) is 14.6 Å². The molecule has 9 heteroatoms. The van der Waals surface area contributed by atoms with Crippen molar-refractivity contribution in [3.05, 3.63) is 101 Å². The van der Waals surface area contributed by atoms with Crippen LogP contribution in [0.4, 0.5) is 10.8 Å². The van der Waals surface area contributed by atoms with Crippen molar-refractivity contribution < 1.29 is 14.3 Å². The number of amides is 2. The van der Waals surface area contributed by atoms with Crippen LogP contribution in [0.5, 0.6) is 5.75 Å². The Morgan fingerprint density at radius 2 is 1.71 bits per heavy atom. The van der Waals surface area contributed by atoms with Crippen LogP contribution in [0.15, 0.2) is 84.5 Å². The Kier molecular flexibility index (Phi) is 8.03. The first-order valence-corrected chi connectivity index (χ1v) is 11.8. The van der Waals surface area contributed by atoms with Gasteiger partial charge in [-0.1, -0.05) is 42.5 Å². The van der Waals surface area contributed by atoms with Gasteiger partial charge >= 0.3 is 0 Å². The van der Waals surface area contributed by atoms with Gasteiger partial charge in [-0.2, -0.15) is 0 Å². The molecule has 2 aromatic heterocycles. The minimum Gasteiger partial charge on any atom is -0.495 e. The fraction of sp³-hybridized carbons (Fsp3) is 0.154. The van der Waals surface area contributed by atoms with E-state index in [-0.39, 0.29) is 30.6 Å². The number of ether oxygens (including phenoxy) is 1. The highest BCUT2D eigenvalue weighted by atomic mass is 32.1. The molecule has 178 valence electrons. The number of methoxy groups -OCH3 is 1. The van der Waals surface area contributed by atoms with E-state index in [1.54, 1.807) is 24.9 Å². The van der Waals surface area contributed by atoms with Crippen molar-refractivity contribution in [2.45, 2.75) is 13.1 Å². The fourth-order valence-electron chi connectivity index (χ4n) is 3.39. The molecule has 0 atom stereocenters. The monoisotopic (exact) mass is 487 g/mol. The number of para-hydroxylation sites is 2. The molecule has 2 heterocycles. The van der Waals surface area contributed by atoms with Crippen molar-refractivity contribution in [2.24, 2.45) is 0 Å². The molecule has 0 aliphatic carbocycles. The van der Waals surface area contributed by atoms with Gasteiger partial charge in [0, 0.05) is 30.9 Å². The van der Waals surface area contributed by atoms with E-state index in [0.29, 0.717) is 17.4 Å². The van der Waals surface area contributed by atoms with Crippen LogP contribution < -0.4 is 15.4 Å². The number of aromatic nitrogens is 2. The summed E-state index contributed by atoms with van der Waals surface area (Å²) in [5.74, 6) is 0.0954. The minimum absolute atomic E-state index is 0.0917. The topological polar surface area (TPSA) is 96.5 Å².